The standard InChI is InChI=1S/C14H11ClF2N2/c15-12-10-2-1-3-11(10)18-14(19-12)9-6-4-8(5-7-9)13(16)17/h4-7,13H,1-3H2. The van der Waals surface area contributed by atoms with Crippen molar-refractivity contribution in [1.82, 2.24) is 9.97 Å². The van der Waals surface area contributed by atoms with Gasteiger partial charge in [0.05, 0.1) is 0 Å². The zero-order valence-electron chi connectivity index (χ0n) is 10.0. The molecule has 0 bridgehead atoms. The Bertz CT molecular complexity index is 612. The van der Waals surface area contributed by atoms with Crippen molar-refractivity contribution in [2.45, 2.75) is 25.7 Å². The lowest BCUT2D eigenvalue weighted by Crippen LogP contribution is -1.97. The van der Waals surface area contributed by atoms with Gasteiger partial charge in [-0.05, 0) is 19.3 Å². The summed E-state index contributed by atoms with van der Waals surface area (Å²) >= 11 is 6.14. The fourth-order valence-electron chi connectivity index (χ4n) is 2.29. The Hall–Kier alpha value is -1.55. The largest absolute Gasteiger partial charge is 0.263 e. The molecule has 1 aromatic carbocycles. The van der Waals surface area contributed by atoms with Crippen LogP contribution >= 0.6 is 11.6 Å². The number of hydrogen-bond donors (Lipinski definition) is 0. The summed E-state index contributed by atoms with van der Waals surface area (Å²) in [4.78, 5) is 8.73. The molecule has 1 heterocycles. The van der Waals surface area contributed by atoms with Crippen molar-refractivity contribution in [1.29, 1.82) is 0 Å². The van der Waals surface area contributed by atoms with Crippen molar-refractivity contribution in [2.24, 2.45) is 0 Å². The van der Waals surface area contributed by atoms with Crippen LogP contribution in [0.25, 0.3) is 11.4 Å². The van der Waals surface area contributed by atoms with Gasteiger partial charge in [0.15, 0.2) is 5.82 Å². The lowest BCUT2D eigenvalue weighted by atomic mass is 10.1. The lowest BCUT2D eigenvalue weighted by Gasteiger charge is -2.06. The minimum Gasteiger partial charge on any atom is -0.233 e. The van der Waals surface area contributed by atoms with E-state index in [1.165, 1.54) is 12.1 Å². The van der Waals surface area contributed by atoms with Crippen LogP contribution in [0.5, 0.6) is 0 Å². The van der Waals surface area contributed by atoms with Crippen molar-refractivity contribution in [3.05, 3.63) is 46.2 Å². The highest BCUT2D eigenvalue weighted by Gasteiger charge is 2.18. The van der Waals surface area contributed by atoms with Crippen LogP contribution in [-0.4, -0.2) is 9.97 Å². The second-order valence-corrected chi connectivity index (χ2v) is 4.90. The molecule has 0 amide bonds. The SMILES string of the molecule is FC(F)c1ccc(-c2nc(Cl)c3c(n2)CCC3)cc1. The van der Waals surface area contributed by atoms with Crippen molar-refractivity contribution < 1.29 is 8.78 Å². The van der Waals surface area contributed by atoms with Crippen LogP contribution in [0.1, 0.15) is 29.7 Å². The number of aromatic nitrogens is 2. The van der Waals surface area contributed by atoms with E-state index in [0.717, 1.165) is 30.5 Å². The van der Waals surface area contributed by atoms with E-state index in [1.807, 2.05) is 0 Å². The molecular weight excluding hydrogens is 270 g/mol. The Kier molecular flexibility index (Phi) is 3.19. The number of hydrogen-bond acceptors (Lipinski definition) is 2. The second-order valence-electron chi connectivity index (χ2n) is 4.54. The molecule has 0 unspecified atom stereocenters. The van der Waals surface area contributed by atoms with E-state index in [0.29, 0.717) is 16.5 Å². The van der Waals surface area contributed by atoms with Crippen LogP contribution in [0, 0.1) is 0 Å². The van der Waals surface area contributed by atoms with Crippen LogP contribution in [-0.2, 0) is 12.8 Å². The Labute approximate surface area is 114 Å². The Balaban J connectivity index is 2.00. The normalized spacial score (nSPS) is 13.9. The summed E-state index contributed by atoms with van der Waals surface area (Å²) in [7, 11) is 0. The first-order chi connectivity index (χ1) is 9.15. The average molecular weight is 281 g/mol. The Morgan fingerprint density at radius 3 is 2.47 bits per heavy atom. The van der Waals surface area contributed by atoms with E-state index in [4.69, 9.17) is 11.6 Å². The third-order valence-corrected chi connectivity index (χ3v) is 3.62. The number of halogens is 3. The summed E-state index contributed by atoms with van der Waals surface area (Å²) in [6, 6.07) is 6.00. The maximum atomic E-state index is 12.5. The fraction of sp³-hybridized carbons (Fsp3) is 0.286. The van der Waals surface area contributed by atoms with Crippen LogP contribution in [0.15, 0.2) is 24.3 Å². The Morgan fingerprint density at radius 2 is 1.79 bits per heavy atom. The van der Waals surface area contributed by atoms with Gasteiger partial charge in [-0.15, -0.1) is 0 Å². The number of fused-ring (bicyclic) bond motifs is 1. The summed E-state index contributed by atoms with van der Waals surface area (Å²) in [5.41, 5.74) is 2.71. The predicted octanol–water partition coefficient (Wildman–Crippen LogP) is 4.22. The molecule has 0 fully saturated rings. The fourth-order valence-corrected chi connectivity index (χ4v) is 2.58. The quantitative estimate of drug-likeness (QED) is 0.770. The van der Waals surface area contributed by atoms with Gasteiger partial charge in [0.2, 0.25) is 0 Å². The molecule has 3 rings (SSSR count). The molecule has 0 radical (unpaired) electrons. The van der Waals surface area contributed by atoms with E-state index >= 15 is 0 Å². The first-order valence-electron chi connectivity index (χ1n) is 6.09. The first kappa shape index (κ1) is 12.5. The van der Waals surface area contributed by atoms with Gasteiger partial charge in [0.25, 0.3) is 6.43 Å². The zero-order valence-corrected chi connectivity index (χ0v) is 10.8. The third kappa shape index (κ3) is 2.32. The number of alkyl halides is 2. The van der Waals surface area contributed by atoms with Gasteiger partial charge in [0, 0.05) is 22.4 Å². The zero-order chi connectivity index (χ0) is 13.4. The maximum absolute atomic E-state index is 12.5. The molecule has 19 heavy (non-hydrogen) atoms. The highest BCUT2D eigenvalue weighted by molar-refractivity contribution is 6.30. The minimum atomic E-state index is -2.46. The summed E-state index contributed by atoms with van der Waals surface area (Å²) in [5.74, 6) is 0.506. The molecule has 0 saturated carbocycles. The van der Waals surface area contributed by atoms with Gasteiger partial charge < -0.3 is 0 Å². The molecular formula is C14H11ClF2N2. The van der Waals surface area contributed by atoms with E-state index in [2.05, 4.69) is 9.97 Å². The highest BCUT2D eigenvalue weighted by Crippen LogP contribution is 2.29. The van der Waals surface area contributed by atoms with Gasteiger partial charge in [-0.3, -0.25) is 0 Å². The summed E-state index contributed by atoms with van der Waals surface area (Å²) < 4.78 is 25.0. The van der Waals surface area contributed by atoms with Gasteiger partial charge in [-0.25, -0.2) is 18.7 Å². The highest BCUT2D eigenvalue weighted by atomic mass is 35.5. The molecule has 1 aromatic heterocycles. The third-order valence-electron chi connectivity index (χ3n) is 3.30. The summed E-state index contributed by atoms with van der Waals surface area (Å²) in [6.07, 6.45) is 0.397. The summed E-state index contributed by atoms with van der Waals surface area (Å²) in [6.45, 7) is 0. The first-order valence-corrected chi connectivity index (χ1v) is 6.46. The van der Waals surface area contributed by atoms with Gasteiger partial charge in [-0.1, -0.05) is 35.9 Å². The van der Waals surface area contributed by atoms with E-state index in [9.17, 15) is 8.78 Å². The second kappa shape index (κ2) is 4.85. The molecule has 5 heteroatoms. The average Bonchev–Trinajstić information content (AvgIpc) is 2.87. The van der Waals surface area contributed by atoms with E-state index in [1.54, 1.807) is 12.1 Å². The predicted molar refractivity (Wildman–Crippen MR) is 69.5 cm³/mol. The van der Waals surface area contributed by atoms with E-state index in [-0.39, 0.29) is 5.56 Å². The molecule has 1 aliphatic carbocycles. The molecule has 1 aliphatic rings. The van der Waals surface area contributed by atoms with Crippen LogP contribution in [0.4, 0.5) is 8.78 Å². The molecule has 0 atom stereocenters. The molecule has 0 aliphatic heterocycles. The number of nitrogens with zero attached hydrogens (tertiary/aromatic N) is 2. The molecule has 98 valence electrons. The van der Waals surface area contributed by atoms with Gasteiger partial charge in [-0.2, -0.15) is 0 Å². The van der Waals surface area contributed by atoms with Crippen molar-refractivity contribution >= 4 is 11.6 Å². The van der Waals surface area contributed by atoms with Crippen molar-refractivity contribution in [3.63, 3.8) is 0 Å². The van der Waals surface area contributed by atoms with Crippen LogP contribution in [0.3, 0.4) is 0 Å². The lowest BCUT2D eigenvalue weighted by molar-refractivity contribution is 0.151. The van der Waals surface area contributed by atoms with Crippen LogP contribution < -0.4 is 0 Å². The maximum Gasteiger partial charge on any atom is 0.263 e. The summed E-state index contributed by atoms with van der Waals surface area (Å²) in [5, 5.41) is 0.482. The molecule has 0 spiro atoms. The number of rotatable bonds is 2. The van der Waals surface area contributed by atoms with Gasteiger partial charge in [0.1, 0.15) is 5.15 Å². The van der Waals surface area contributed by atoms with Gasteiger partial charge >= 0.3 is 0 Å². The molecule has 2 aromatic rings. The Morgan fingerprint density at radius 1 is 1.05 bits per heavy atom. The molecule has 0 N–H and O–H groups in total. The smallest absolute Gasteiger partial charge is 0.233 e. The molecule has 0 saturated heterocycles. The number of aryl methyl sites for hydroxylation is 1. The monoisotopic (exact) mass is 280 g/mol. The van der Waals surface area contributed by atoms with E-state index < -0.39 is 6.43 Å². The van der Waals surface area contributed by atoms with Crippen molar-refractivity contribution in [3.8, 4) is 11.4 Å². The topological polar surface area (TPSA) is 25.8 Å². The van der Waals surface area contributed by atoms with Crippen molar-refractivity contribution in [2.75, 3.05) is 0 Å². The molecule has 2 nitrogen and oxygen atoms in total. The minimum absolute atomic E-state index is 0.00370. The van der Waals surface area contributed by atoms with Crippen LogP contribution in [0.2, 0.25) is 5.15 Å². The number of benzene rings is 1.